The number of nitrogen functional groups attached to an aromatic ring is 1. The number of hydrogen-bond acceptors (Lipinski definition) is 17. The smallest absolute Gasteiger partial charge is 0.386 e. The molecule has 23 nitrogen and oxygen atoms in total. The van der Waals surface area contributed by atoms with Crippen molar-refractivity contribution in [2.24, 2.45) is 5.41 Å². The van der Waals surface area contributed by atoms with Crippen LogP contribution in [-0.2, 0) is 45.9 Å². The molecule has 0 radical (unpaired) electrons. The highest BCUT2D eigenvalue weighted by molar-refractivity contribution is 7.99. The Hall–Kier alpha value is -2.37. The summed E-state index contributed by atoms with van der Waals surface area (Å²) in [7, 11) is -16.4. The number of thioether (sulfide) groups is 1. The SMILES string of the molecule is CCCCCCCC/C=C\CCCCCCCCSCCNC(=O)CCNC(=O)[C@H](O)C(C)(C)COP(=O)(O)OP(=O)(O)OC[C@H]1O[C@@H](n2cnc3c(N)ncnc32)C(O)[C@H]1OP(=O)(O)O. The van der Waals surface area contributed by atoms with Crippen LogP contribution in [-0.4, -0.2) is 123 Å². The summed E-state index contributed by atoms with van der Waals surface area (Å²) in [5, 5.41) is 26.8. The van der Waals surface area contributed by atoms with Crippen LogP contribution in [0, 0.1) is 5.41 Å². The molecule has 7 atom stereocenters. The number of aliphatic hydroxyl groups is 2. The van der Waals surface area contributed by atoms with Crippen molar-refractivity contribution in [2.75, 3.05) is 43.5 Å². The number of amides is 2. The molecule has 2 amide bonds. The highest BCUT2D eigenvalue weighted by atomic mass is 32.2. The number of aliphatic hydroxyl groups excluding tert-OH is 2. The van der Waals surface area contributed by atoms with Crippen LogP contribution in [0.3, 0.4) is 0 Å². The highest BCUT2D eigenvalue weighted by Gasteiger charge is 2.50. The predicted molar refractivity (Wildman–Crippen MR) is 246 cm³/mol. The number of anilines is 1. The monoisotopic (exact) mass is 1020 g/mol. The van der Waals surface area contributed by atoms with Gasteiger partial charge in [0, 0.05) is 30.7 Å². The second-order valence-electron chi connectivity index (χ2n) is 16.6. The number of nitrogens with two attached hydrogens (primary N) is 1. The molecule has 2 aromatic rings. The van der Waals surface area contributed by atoms with Gasteiger partial charge in [0.05, 0.1) is 19.5 Å². The Morgan fingerprint density at radius 1 is 0.894 bits per heavy atom. The number of rotatable bonds is 35. The number of ether oxygens (including phenoxy) is 1. The van der Waals surface area contributed by atoms with Crippen molar-refractivity contribution in [2.45, 2.75) is 148 Å². The molecule has 0 bridgehead atoms. The molecule has 3 heterocycles. The van der Waals surface area contributed by atoms with Crippen molar-refractivity contribution < 1.29 is 75.7 Å². The predicted octanol–water partition coefficient (Wildman–Crippen LogP) is 5.18. The van der Waals surface area contributed by atoms with E-state index in [0.717, 1.165) is 41.6 Å². The summed E-state index contributed by atoms with van der Waals surface area (Å²) in [6.07, 6.45) is 15.6. The molecule has 3 rings (SSSR count). The Kier molecular flexibility index (Phi) is 25.4. The molecule has 0 aliphatic carbocycles. The molecule has 1 aliphatic heterocycles. The number of phosphoric acid groups is 3. The number of fused-ring (bicyclic) bond motifs is 1. The van der Waals surface area contributed by atoms with Crippen molar-refractivity contribution in [3.63, 3.8) is 0 Å². The van der Waals surface area contributed by atoms with E-state index in [4.69, 9.17) is 19.5 Å². The van der Waals surface area contributed by atoms with Crippen LogP contribution in [0.5, 0.6) is 0 Å². The maximum atomic E-state index is 12.7. The van der Waals surface area contributed by atoms with Gasteiger partial charge in [0.1, 0.15) is 36.3 Å². The summed E-state index contributed by atoms with van der Waals surface area (Å²) in [6, 6.07) is 0. The third-order valence-electron chi connectivity index (χ3n) is 10.4. The first kappa shape index (κ1) is 57.9. The zero-order valence-electron chi connectivity index (χ0n) is 37.9. The molecule has 3 unspecified atom stereocenters. The minimum Gasteiger partial charge on any atom is -0.386 e. The fraction of sp³-hybridized carbons (Fsp3) is 0.769. The molecular formula is C39H70N7O16P3S. The van der Waals surface area contributed by atoms with Gasteiger partial charge in [0.15, 0.2) is 17.7 Å². The summed E-state index contributed by atoms with van der Waals surface area (Å²) < 4.78 is 62.5. The van der Waals surface area contributed by atoms with Crippen molar-refractivity contribution in [3.8, 4) is 0 Å². The number of hydrogen-bond donors (Lipinski definition) is 9. The molecule has 1 fully saturated rings. The Balaban J connectivity index is 1.29. The number of carbonyl (C=O) groups is 2. The van der Waals surface area contributed by atoms with E-state index in [1.165, 1.54) is 90.9 Å². The number of allylic oxidation sites excluding steroid dienone is 2. The van der Waals surface area contributed by atoms with E-state index in [-0.39, 0.29) is 35.9 Å². The molecule has 1 saturated heterocycles. The van der Waals surface area contributed by atoms with E-state index < -0.39 is 78.6 Å². The van der Waals surface area contributed by atoms with Gasteiger partial charge < -0.3 is 50.9 Å². The molecule has 27 heteroatoms. The molecule has 0 aromatic carbocycles. The third kappa shape index (κ3) is 21.5. The summed E-state index contributed by atoms with van der Waals surface area (Å²) in [5.74, 6) is 0.509. The number of carbonyl (C=O) groups excluding carboxylic acids is 2. The molecule has 0 spiro atoms. The van der Waals surface area contributed by atoms with Crippen LogP contribution in [0.1, 0.15) is 123 Å². The Bertz CT molecular complexity index is 1960. The minimum absolute atomic E-state index is 0.0324. The first-order valence-electron chi connectivity index (χ1n) is 22.3. The lowest BCUT2D eigenvalue weighted by Gasteiger charge is -2.30. The van der Waals surface area contributed by atoms with Gasteiger partial charge in [-0.3, -0.25) is 27.7 Å². The largest absolute Gasteiger partial charge is 0.481 e. The number of unbranched alkanes of at least 4 members (excludes halogenated alkanes) is 12. The second-order valence-corrected chi connectivity index (χ2v) is 22.1. The molecule has 0 saturated carbocycles. The maximum Gasteiger partial charge on any atom is 0.481 e. The number of nitrogens with zero attached hydrogens (tertiary/aromatic N) is 4. The van der Waals surface area contributed by atoms with Crippen molar-refractivity contribution in [1.82, 2.24) is 30.2 Å². The van der Waals surface area contributed by atoms with Crippen LogP contribution >= 0.6 is 35.2 Å². The van der Waals surface area contributed by atoms with Crippen LogP contribution in [0.25, 0.3) is 11.2 Å². The number of phosphoric ester groups is 3. The fourth-order valence-electron chi connectivity index (χ4n) is 6.76. The number of aromatic nitrogens is 4. The standard InChI is InChI=1S/C39H70N7O16P3S/c1-4-5-6-7-8-9-10-11-12-13-14-15-16-17-18-19-23-66-24-22-41-30(47)20-21-42-37(50)34(49)39(2,3)26-59-65(56,57)62-64(54,55)58-25-29-33(61-63(51,52)53)32(48)38(60-29)46-28-45-31-35(40)43-27-44-36(31)46/h11-12,27-29,32-34,38,48-49H,4-10,13-26H2,1-3H3,(H,41,47)(H,42,50)(H,54,55)(H,56,57)(H2,40,43,44)(H2,51,52,53)/b12-11-/t29-,32?,33+,34+,38-/m1/s1. The number of nitrogens with one attached hydrogen (secondary N) is 2. The Morgan fingerprint density at radius 2 is 1.52 bits per heavy atom. The normalized spacial score (nSPS) is 20.4. The van der Waals surface area contributed by atoms with E-state index >= 15 is 0 Å². The Labute approximate surface area is 390 Å². The summed E-state index contributed by atoms with van der Waals surface area (Å²) in [5.41, 5.74) is 4.34. The second kappa shape index (κ2) is 29.0. The van der Waals surface area contributed by atoms with E-state index in [0.29, 0.717) is 6.54 Å². The molecule has 1 aliphatic rings. The van der Waals surface area contributed by atoms with Crippen molar-refractivity contribution in [1.29, 1.82) is 0 Å². The van der Waals surface area contributed by atoms with E-state index in [1.54, 1.807) is 11.8 Å². The van der Waals surface area contributed by atoms with Crippen molar-refractivity contribution >= 4 is 64.0 Å². The van der Waals surface area contributed by atoms with E-state index in [2.05, 4.69) is 53.5 Å². The molecule has 2 aromatic heterocycles. The van der Waals surface area contributed by atoms with Crippen LogP contribution in [0.15, 0.2) is 24.8 Å². The lowest BCUT2D eigenvalue weighted by Crippen LogP contribution is -2.46. The Morgan fingerprint density at radius 3 is 2.17 bits per heavy atom. The van der Waals surface area contributed by atoms with Gasteiger partial charge in [-0.25, -0.2) is 28.6 Å². The molecule has 10 N–H and O–H groups in total. The van der Waals surface area contributed by atoms with Gasteiger partial charge in [-0.1, -0.05) is 90.7 Å². The van der Waals surface area contributed by atoms with Gasteiger partial charge >= 0.3 is 23.5 Å². The fourth-order valence-corrected chi connectivity index (χ4v) is 10.4. The van der Waals surface area contributed by atoms with Gasteiger partial charge in [-0.2, -0.15) is 16.1 Å². The van der Waals surface area contributed by atoms with E-state index in [1.807, 2.05) is 0 Å². The lowest BCUT2D eigenvalue weighted by molar-refractivity contribution is -0.137. The zero-order valence-corrected chi connectivity index (χ0v) is 41.4. The van der Waals surface area contributed by atoms with Crippen LogP contribution in [0.2, 0.25) is 0 Å². The zero-order chi connectivity index (χ0) is 48.8. The summed E-state index contributed by atoms with van der Waals surface area (Å²) in [4.78, 5) is 76.1. The quantitative estimate of drug-likeness (QED) is 0.0244. The first-order chi connectivity index (χ1) is 31.2. The highest BCUT2D eigenvalue weighted by Crippen LogP contribution is 2.61. The van der Waals surface area contributed by atoms with Gasteiger partial charge in [-0.05, 0) is 37.9 Å². The average molecular weight is 1020 g/mol. The van der Waals surface area contributed by atoms with Crippen LogP contribution in [0.4, 0.5) is 5.82 Å². The minimum atomic E-state index is -5.56. The molecule has 66 heavy (non-hydrogen) atoms. The third-order valence-corrected chi connectivity index (χ3v) is 14.6. The van der Waals surface area contributed by atoms with E-state index in [9.17, 15) is 53.1 Å². The number of imidazole rings is 1. The maximum absolute atomic E-state index is 12.7. The summed E-state index contributed by atoms with van der Waals surface area (Å²) in [6.45, 7) is 3.21. The van der Waals surface area contributed by atoms with Gasteiger partial charge in [0.25, 0.3) is 0 Å². The van der Waals surface area contributed by atoms with Crippen LogP contribution < -0.4 is 16.4 Å². The summed E-state index contributed by atoms with van der Waals surface area (Å²) >= 11 is 1.76. The topological polar surface area (TPSA) is 347 Å². The molecule has 378 valence electrons. The average Bonchev–Trinajstić information content (AvgIpc) is 3.81. The van der Waals surface area contributed by atoms with Crippen molar-refractivity contribution in [3.05, 3.63) is 24.8 Å². The first-order valence-corrected chi connectivity index (χ1v) is 28.0. The lowest BCUT2D eigenvalue weighted by atomic mass is 9.87. The molecular weight excluding hydrogens is 947 g/mol. The van der Waals surface area contributed by atoms with Gasteiger partial charge in [-0.15, -0.1) is 0 Å². The van der Waals surface area contributed by atoms with Gasteiger partial charge in [0.2, 0.25) is 11.8 Å².